The number of hydrogen-bond acceptors (Lipinski definition) is 4. The molecule has 1 rings (SSSR count). The van der Waals surface area contributed by atoms with E-state index in [1.54, 1.807) is 6.20 Å². The topological polar surface area (TPSA) is 47.0 Å². The van der Waals surface area contributed by atoms with Crippen molar-refractivity contribution in [3.8, 4) is 0 Å². The van der Waals surface area contributed by atoms with Crippen LogP contribution in [0.2, 0.25) is 0 Å². The van der Waals surface area contributed by atoms with Gasteiger partial charge in [-0.3, -0.25) is 0 Å². The molecule has 0 atom stereocenters. The van der Waals surface area contributed by atoms with Crippen LogP contribution in [0, 0.1) is 6.92 Å². The summed E-state index contributed by atoms with van der Waals surface area (Å²) in [4.78, 5) is 8.40. The van der Waals surface area contributed by atoms with Crippen molar-refractivity contribution in [2.75, 3.05) is 18.5 Å². The molecule has 0 saturated heterocycles. The molecule has 1 aromatic rings. The fraction of sp³-hybridized carbons (Fsp3) is 0.667. The van der Waals surface area contributed by atoms with Gasteiger partial charge in [-0.25, -0.2) is 9.97 Å². The van der Waals surface area contributed by atoms with E-state index in [1.165, 1.54) is 0 Å². The Hall–Kier alpha value is -1.16. The van der Waals surface area contributed by atoms with Crippen molar-refractivity contribution in [2.45, 2.75) is 39.7 Å². The van der Waals surface area contributed by atoms with Crippen molar-refractivity contribution in [2.24, 2.45) is 0 Å². The summed E-state index contributed by atoms with van der Waals surface area (Å²) < 4.78 is 5.45. The number of aromatic nitrogens is 2. The molecule has 0 saturated carbocycles. The highest BCUT2D eigenvalue weighted by Gasteiger charge is 1.96. The molecule has 0 spiro atoms. The second-order valence-corrected chi connectivity index (χ2v) is 4.08. The van der Waals surface area contributed by atoms with Crippen LogP contribution in [0.1, 0.15) is 32.4 Å². The van der Waals surface area contributed by atoms with Crippen LogP contribution in [0.25, 0.3) is 0 Å². The molecule has 0 aliphatic rings. The molecule has 0 radical (unpaired) electrons. The van der Waals surface area contributed by atoms with Gasteiger partial charge in [0.2, 0.25) is 5.95 Å². The zero-order valence-corrected chi connectivity index (χ0v) is 10.4. The molecule has 4 nitrogen and oxygen atoms in total. The third-order valence-electron chi connectivity index (χ3n) is 2.10. The number of nitrogens with one attached hydrogen (secondary N) is 1. The van der Waals surface area contributed by atoms with Crippen molar-refractivity contribution < 1.29 is 4.74 Å². The molecule has 0 amide bonds. The lowest BCUT2D eigenvalue weighted by molar-refractivity contribution is 0.0765. The van der Waals surface area contributed by atoms with E-state index >= 15 is 0 Å². The average molecular weight is 223 g/mol. The zero-order chi connectivity index (χ0) is 11.8. The van der Waals surface area contributed by atoms with Crippen LogP contribution < -0.4 is 5.32 Å². The van der Waals surface area contributed by atoms with Crippen LogP contribution in [-0.2, 0) is 4.74 Å². The summed E-state index contributed by atoms with van der Waals surface area (Å²) in [7, 11) is 0. The van der Waals surface area contributed by atoms with E-state index in [-0.39, 0.29) is 0 Å². The van der Waals surface area contributed by atoms with Crippen molar-refractivity contribution in [1.29, 1.82) is 0 Å². The normalized spacial score (nSPS) is 10.8. The van der Waals surface area contributed by atoms with Crippen molar-refractivity contribution in [1.82, 2.24) is 9.97 Å². The van der Waals surface area contributed by atoms with Gasteiger partial charge in [0.1, 0.15) is 0 Å². The summed E-state index contributed by atoms with van der Waals surface area (Å²) in [6.45, 7) is 7.79. The summed E-state index contributed by atoms with van der Waals surface area (Å²) in [6, 6.07) is 1.89. The van der Waals surface area contributed by atoms with Gasteiger partial charge in [-0.2, -0.15) is 0 Å². The molecular formula is C12H21N3O. The minimum Gasteiger partial charge on any atom is -0.379 e. The van der Waals surface area contributed by atoms with Gasteiger partial charge in [-0.15, -0.1) is 0 Å². The quantitative estimate of drug-likeness (QED) is 0.721. The van der Waals surface area contributed by atoms with E-state index in [2.05, 4.69) is 29.1 Å². The lowest BCUT2D eigenvalue weighted by atomic mass is 10.3. The summed E-state index contributed by atoms with van der Waals surface area (Å²) >= 11 is 0. The van der Waals surface area contributed by atoms with E-state index in [0.717, 1.165) is 31.7 Å². The molecule has 0 aliphatic carbocycles. The molecule has 90 valence electrons. The van der Waals surface area contributed by atoms with E-state index < -0.39 is 0 Å². The molecule has 0 bridgehead atoms. The Morgan fingerprint density at radius 3 is 2.88 bits per heavy atom. The molecule has 0 unspecified atom stereocenters. The molecular weight excluding hydrogens is 202 g/mol. The monoisotopic (exact) mass is 223 g/mol. The highest BCUT2D eigenvalue weighted by Crippen LogP contribution is 2.00. The van der Waals surface area contributed by atoms with Crippen molar-refractivity contribution in [3.05, 3.63) is 18.0 Å². The zero-order valence-electron chi connectivity index (χ0n) is 10.4. The van der Waals surface area contributed by atoms with E-state index in [0.29, 0.717) is 12.1 Å². The predicted molar refractivity (Wildman–Crippen MR) is 65.6 cm³/mol. The summed E-state index contributed by atoms with van der Waals surface area (Å²) in [6.07, 6.45) is 4.24. The van der Waals surface area contributed by atoms with Gasteiger partial charge in [-0.1, -0.05) is 0 Å². The first kappa shape index (κ1) is 12.9. The number of rotatable bonds is 7. The van der Waals surface area contributed by atoms with Gasteiger partial charge in [0, 0.05) is 25.0 Å². The number of unbranched alkanes of at least 4 members (excludes halogenated alkanes) is 1. The van der Waals surface area contributed by atoms with Gasteiger partial charge in [-0.05, 0) is 39.7 Å². The minimum atomic E-state index is 0.327. The van der Waals surface area contributed by atoms with Gasteiger partial charge in [0.05, 0.1) is 6.10 Å². The Kier molecular flexibility index (Phi) is 5.78. The molecule has 0 fully saturated rings. The Labute approximate surface area is 97.5 Å². The van der Waals surface area contributed by atoms with Crippen LogP contribution >= 0.6 is 0 Å². The number of nitrogens with zero attached hydrogens (tertiary/aromatic N) is 2. The molecule has 16 heavy (non-hydrogen) atoms. The lowest BCUT2D eigenvalue weighted by Crippen LogP contribution is -2.08. The predicted octanol–water partition coefficient (Wildman–Crippen LogP) is 2.40. The highest BCUT2D eigenvalue weighted by atomic mass is 16.5. The maximum atomic E-state index is 5.45. The van der Waals surface area contributed by atoms with E-state index in [9.17, 15) is 0 Å². The molecule has 1 aromatic heterocycles. The third kappa shape index (κ3) is 5.66. The molecule has 0 aromatic carbocycles. The largest absolute Gasteiger partial charge is 0.379 e. The van der Waals surface area contributed by atoms with Crippen LogP contribution in [0.3, 0.4) is 0 Å². The fourth-order valence-corrected chi connectivity index (χ4v) is 1.28. The van der Waals surface area contributed by atoms with Crippen LogP contribution in [0.15, 0.2) is 12.3 Å². The van der Waals surface area contributed by atoms with Gasteiger partial charge < -0.3 is 10.1 Å². The van der Waals surface area contributed by atoms with Gasteiger partial charge in [0.25, 0.3) is 0 Å². The number of hydrogen-bond donors (Lipinski definition) is 1. The maximum Gasteiger partial charge on any atom is 0.222 e. The Morgan fingerprint density at radius 1 is 1.38 bits per heavy atom. The van der Waals surface area contributed by atoms with Crippen LogP contribution in [0.4, 0.5) is 5.95 Å². The number of aryl methyl sites for hydroxylation is 1. The van der Waals surface area contributed by atoms with Gasteiger partial charge in [0.15, 0.2) is 0 Å². The first-order valence-corrected chi connectivity index (χ1v) is 5.83. The number of anilines is 1. The molecule has 1 N–H and O–H groups in total. The van der Waals surface area contributed by atoms with Crippen molar-refractivity contribution in [3.63, 3.8) is 0 Å². The molecule has 1 heterocycles. The summed E-state index contributed by atoms with van der Waals surface area (Å²) in [5.41, 5.74) is 0.987. The number of ether oxygens (including phenoxy) is 1. The molecule has 0 aliphatic heterocycles. The Morgan fingerprint density at radius 2 is 2.19 bits per heavy atom. The molecule has 4 heteroatoms. The highest BCUT2D eigenvalue weighted by molar-refractivity contribution is 5.24. The second-order valence-electron chi connectivity index (χ2n) is 4.08. The first-order chi connectivity index (χ1) is 7.68. The lowest BCUT2D eigenvalue weighted by Gasteiger charge is -2.07. The maximum absolute atomic E-state index is 5.45. The van der Waals surface area contributed by atoms with Gasteiger partial charge >= 0.3 is 0 Å². The van der Waals surface area contributed by atoms with Crippen molar-refractivity contribution >= 4 is 5.95 Å². The van der Waals surface area contributed by atoms with Crippen LogP contribution in [0.5, 0.6) is 0 Å². The Bertz CT molecular complexity index is 302. The standard InChI is InChI=1S/C12H21N3O/c1-10(2)16-9-5-4-7-13-12-14-8-6-11(3)15-12/h6,8,10H,4-5,7,9H2,1-3H3,(H,13,14,15). The smallest absolute Gasteiger partial charge is 0.222 e. The first-order valence-electron chi connectivity index (χ1n) is 5.83. The fourth-order valence-electron chi connectivity index (χ4n) is 1.28. The second kappa shape index (κ2) is 7.17. The Balaban J connectivity index is 2.07. The van der Waals surface area contributed by atoms with Crippen LogP contribution in [-0.4, -0.2) is 29.2 Å². The van der Waals surface area contributed by atoms with E-state index in [1.807, 2.05) is 13.0 Å². The van der Waals surface area contributed by atoms with E-state index in [4.69, 9.17) is 4.74 Å². The average Bonchev–Trinajstić information content (AvgIpc) is 2.23. The summed E-state index contributed by atoms with van der Waals surface area (Å²) in [5, 5.41) is 3.20. The third-order valence-corrected chi connectivity index (χ3v) is 2.10. The SMILES string of the molecule is Cc1ccnc(NCCCCOC(C)C)n1. The summed E-state index contributed by atoms with van der Waals surface area (Å²) in [5.74, 6) is 0.713. The minimum absolute atomic E-state index is 0.327.